The topological polar surface area (TPSA) is 61.8 Å². The Morgan fingerprint density at radius 1 is 1.27 bits per heavy atom. The van der Waals surface area contributed by atoms with E-state index in [2.05, 4.69) is 32.9 Å². The lowest BCUT2D eigenvalue weighted by Crippen LogP contribution is -2.43. The highest BCUT2D eigenvalue weighted by Gasteiger charge is 2.34. The zero-order chi connectivity index (χ0) is 18.7. The van der Waals surface area contributed by atoms with E-state index < -0.39 is 5.25 Å². The van der Waals surface area contributed by atoms with Gasteiger partial charge in [-0.2, -0.15) is 0 Å². The molecule has 2 aromatic carbocycles. The SMILES string of the molecule is CN1C(=O)CC(C(=O)Nc2ccccc2Cl)SC1=Nc1ccc(I)cc1. The predicted octanol–water partition coefficient (Wildman–Crippen LogP) is 4.53. The second-order valence-corrected chi connectivity index (χ2v) is 8.43. The lowest BCUT2D eigenvalue weighted by Gasteiger charge is -2.28. The van der Waals surface area contributed by atoms with Crippen molar-refractivity contribution in [3.63, 3.8) is 0 Å². The molecule has 0 spiro atoms. The monoisotopic (exact) mass is 499 g/mol. The predicted molar refractivity (Wildman–Crippen MR) is 115 cm³/mol. The number of aliphatic imine (C=N–C) groups is 1. The molecular weight excluding hydrogens is 485 g/mol. The van der Waals surface area contributed by atoms with Gasteiger partial charge in [-0.05, 0) is 59.0 Å². The van der Waals surface area contributed by atoms with Crippen LogP contribution in [0.2, 0.25) is 5.02 Å². The number of halogens is 2. The maximum absolute atomic E-state index is 12.6. The van der Waals surface area contributed by atoms with Gasteiger partial charge in [-0.25, -0.2) is 4.99 Å². The summed E-state index contributed by atoms with van der Waals surface area (Å²) in [5.41, 5.74) is 1.27. The van der Waals surface area contributed by atoms with E-state index in [1.807, 2.05) is 24.3 Å². The standard InChI is InChI=1S/C18H15ClIN3O2S/c1-23-16(24)10-15(17(25)22-14-5-3-2-4-13(14)19)26-18(23)21-12-8-6-11(20)7-9-12/h2-9,15H,10H2,1H3,(H,22,25). The van der Waals surface area contributed by atoms with Crippen LogP contribution in [0.1, 0.15) is 6.42 Å². The molecule has 0 aliphatic carbocycles. The highest BCUT2D eigenvalue weighted by atomic mass is 127. The average Bonchev–Trinajstić information content (AvgIpc) is 2.62. The number of benzene rings is 2. The van der Waals surface area contributed by atoms with E-state index in [0.717, 1.165) is 9.26 Å². The molecule has 1 heterocycles. The van der Waals surface area contributed by atoms with Gasteiger partial charge >= 0.3 is 0 Å². The Morgan fingerprint density at radius 2 is 1.96 bits per heavy atom. The summed E-state index contributed by atoms with van der Waals surface area (Å²) >= 11 is 9.58. The number of amides is 2. The molecule has 1 atom stereocenters. The van der Waals surface area contributed by atoms with Gasteiger partial charge in [-0.1, -0.05) is 35.5 Å². The van der Waals surface area contributed by atoms with E-state index in [1.54, 1.807) is 31.3 Å². The lowest BCUT2D eigenvalue weighted by molar-refractivity contribution is -0.128. The minimum atomic E-state index is -0.558. The summed E-state index contributed by atoms with van der Waals surface area (Å²) in [4.78, 5) is 30.9. The van der Waals surface area contributed by atoms with E-state index in [4.69, 9.17) is 11.6 Å². The van der Waals surface area contributed by atoms with Crippen molar-refractivity contribution in [2.75, 3.05) is 12.4 Å². The highest BCUT2D eigenvalue weighted by Crippen LogP contribution is 2.30. The van der Waals surface area contributed by atoms with Crippen LogP contribution in [0.25, 0.3) is 0 Å². The quantitative estimate of drug-likeness (QED) is 0.631. The van der Waals surface area contributed by atoms with Gasteiger partial charge in [0.05, 0.1) is 16.4 Å². The molecule has 0 radical (unpaired) electrons. The van der Waals surface area contributed by atoms with Gasteiger partial charge in [-0.3, -0.25) is 14.5 Å². The fourth-order valence-electron chi connectivity index (χ4n) is 2.30. The van der Waals surface area contributed by atoms with E-state index in [0.29, 0.717) is 15.9 Å². The first-order valence-electron chi connectivity index (χ1n) is 7.77. The zero-order valence-electron chi connectivity index (χ0n) is 13.8. The summed E-state index contributed by atoms with van der Waals surface area (Å²) in [6.45, 7) is 0. The summed E-state index contributed by atoms with van der Waals surface area (Å²) in [5, 5.41) is 3.19. The molecule has 1 aliphatic heterocycles. The van der Waals surface area contributed by atoms with E-state index in [-0.39, 0.29) is 18.2 Å². The van der Waals surface area contributed by atoms with Crippen molar-refractivity contribution in [2.24, 2.45) is 4.99 Å². The second kappa shape index (κ2) is 8.41. The van der Waals surface area contributed by atoms with Crippen molar-refractivity contribution in [1.29, 1.82) is 0 Å². The van der Waals surface area contributed by atoms with Crippen LogP contribution in [0.5, 0.6) is 0 Å². The van der Waals surface area contributed by atoms with Crippen LogP contribution in [0.15, 0.2) is 53.5 Å². The maximum Gasteiger partial charge on any atom is 0.238 e. The van der Waals surface area contributed by atoms with Gasteiger partial charge < -0.3 is 5.32 Å². The number of thioether (sulfide) groups is 1. The molecule has 5 nitrogen and oxygen atoms in total. The molecule has 2 amide bonds. The van der Waals surface area contributed by atoms with Crippen LogP contribution in [0.3, 0.4) is 0 Å². The Balaban J connectivity index is 1.79. The van der Waals surface area contributed by atoms with Crippen LogP contribution in [0, 0.1) is 3.57 Å². The van der Waals surface area contributed by atoms with Gasteiger partial charge in [0.2, 0.25) is 11.8 Å². The number of amidine groups is 1. The van der Waals surface area contributed by atoms with Gasteiger partial charge in [0.15, 0.2) is 5.17 Å². The highest BCUT2D eigenvalue weighted by molar-refractivity contribution is 14.1. The summed E-state index contributed by atoms with van der Waals surface area (Å²) in [5.74, 6) is -0.410. The smallest absolute Gasteiger partial charge is 0.238 e. The molecule has 134 valence electrons. The lowest BCUT2D eigenvalue weighted by atomic mass is 10.2. The van der Waals surface area contributed by atoms with Crippen molar-refractivity contribution >= 4 is 74.3 Å². The van der Waals surface area contributed by atoms with Crippen molar-refractivity contribution in [3.8, 4) is 0 Å². The average molecular weight is 500 g/mol. The molecule has 26 heavy (non-hydrogen) atoms. The summed E-state index contributed by atoms with van der Waals surface area (Å²) in [7, 11) is 1.67. The van der Waals surface area contributed by atoms with Gasteiger partial charge in [0.25, 0.3) is 0 Å². The molecule has 1 N–H and O–H groups in total. The van der Waals surface area contributed by atoms with Crippen molar-refractivity contribution < 1.29 is 9.59 Å². The minimum absolute atomic E-state index is 0.114. The van der Waals surface area contributed by atoms with Crippen LogP contribution in [0.4, 0.5) is 11.4 Å². The van der Waals surface area contributed by atoms with Crippen LogP contribution in [-0.4, -0.2) is 34.2 Å². The van der Waals surface area contributed by atoms with E-state index >= 15 is 0 Å². The van der Waals surface area contributed by atoms with Crippen LogP contribution < -0.4 is 5.32 Å². The number of nitrogens with one attached hydrogen (secondary N) is 1. The number of nitrogens with zero attached hydrogens (tertiary/aromatic N) is 2. The molecule has 1 unspecified atom stereocenters. The summed E-state index contributed by atoms with van der Waals surface area (Å²) < 4.78 is 1.10. The molecule has 1 fully saturated rings. The number of carbonyl (C=O) groups excluding carboxylic acids is 2. The van der Waals surface area contributed by atoms with E-state index in [9.17, 15) is 9.59 Å². The van der Waals surface area contributed by atoms with Crippen LogP contribution >= 0.6 is 46.0 Å². The van der Waals surface area contributed by atoms with Crippen LogP contribution in [-0.2, 0) is 9.59 Å². The third kappa shape index (κ3) is 4.57. The molecular formula is C18H15ClIN3O2S. The molecule has 2 aromatic rings. The van der Waals surface area contributed by atoms with Gasteiger partial charge in [-0.15, -0.1) is 0 Å². The minimum Gasteiger partial charge on any atom is -0.324 e. The molecule has 1 saturated heterocycles. The number of hydrogen-bond donors (Lipinski definition) is 1. The Kier molecular flexibility index (Phi) is 6.20. The third-order valence-electron chi connectivity index (χ3n) is 3.74. The number of rotatable bonds is 3. The Morgan fingerprint density at radius 3 is 2.65 bits per heavy atom. The number of para-hydroxylation sites is 1. The summed E-state index contributed by atoms with van der Waals surface area (Å²) in [6.07, 6.45) is 0.114. The third-order valence-corrected chi connectivity index (χ3v) is 6.03. The molecule has 8 heteroatoms. The van der Waals surface area contributed by atoms with Crippen molar-refractivity contribution in [2.45, 2.75) is 11.7 Å². The van der Waals surface area contributed by atoms with E-state index in [1.165, 1.54) is 16.7 Å². The Hall–Kier alpha value is -1.58. The maximum atomic E-state index is 12.6. The normalized spacial score (nSPS) is 18.9. The first-order valence-corrected chi connectivity index (χ1v) is 10.1. The Labute approximate surface area is 174 Å². The fourth-order valence-corrected chi connectivity index (χ4v) is 3.91. The number of hydrogen-bond acceptors (Lipinski definition) is 4. The molecule has 3 rings (SSSR count). The first kappa shape index (κ1) is 19.2. The van der Waals surface area contributed by atoms with Crippen molar-refractivity contribution in [1.82, 2.24) is 4.90 Å². The molecule has 1 aliphatic rings. The zero-order valence-corrected chi connectivity index (χ0v) is 17.5. The second-order valence-electron chi connectivity index (χ2n) is 5.60. The number of carbonyl (C=O) groups is 2. The van der Waals surface area contributed by atoms with Gasteiger partial charge in [0, 0.05) is 17.0 Å². The first-order chi connectivity index (χ1) is 12.4. The Bertz CT molecular complexity index is 873. The summed E-state index contributed by atoms with van der Waals surface area (Å²) in [6, 6.07) is 14.6. The molecule has 0 aromatic heterocycles. The molecule has 0 bridgehead atoms. The van der Waals surface area contributed by atoms with Gasteiger partial charge in [0.1, 0.15) is 5.25 Å². The molecule has 0 saturated carbocycles. The fraction of sp³-hybridized carbons (Fsp3) is 0.167. The van der Waals surface area contributed by atoms with Crippen molar-refractivity contribution in [3.05, 3.63) is 57.1 Å². The largest absolute Gasteiger partial charge is 0.324 e. The number of anilines is 1.